The van der Waals surface area contributed by atoms with Gasteiger partial charge < -0.3 is 0 Å². The van der Waals surface area contributed by atoms with E-state index < -0.39 is 0 Å². The minimum Gasteiger partial charge on any atom is -0.247 e. The van der Waals surface area contributed by atoms with Crippen molar-refractivity contribution in [2.75, 3.05) is 0 Å². The molecule has 0 aliphatic rings. The van der Waals surface area contributed by atoms with Crippen LogP contribution in [-0.2, 0) is 0 Å². The van der Waals surface area contributed by atoms with E-state index in [9.17, 15) is 0 Å². The van der Waals surface area contributed by atoms with Gasteiger partial charge in [-0.1, -0.05) is 176 Å². The van der Waals surface area contributed by atoms with Crippen LogP contribution in [0.5, 0.6) is 0 Å². The highest BCUT2D eigenvalue weighted by Crippen LogP contribution is 2.45. The summed E-state index contributed by atoms with van der Waals surface area (Å²) in [6.07, 6.45) is 0. The molecule has 0 fully saturated rings. The highest BCUT2D eigenvalue weighted by atomic mass is 14.7. The number of pyridine rings is 1. The normalized spacial score (nSPS) is 11.6. The molecular formula is C49H31N. The molecule has 0 saturated carbocycles. The first-order valence-corrected chi connectivity index (χ1v) is 17.2. The zero-order valence-electron chi connectivity index (χ0n) is 27.3. The molecule has 9 aromatic carbocycles. The van der Waals surface area contributed by atoms with Gasteiger partial charge in [0.25, 0.3) is 0 Å². The molecule has 0 unspecified atom stereocenters. The minimum absolute atomic E-state index is 1.01. The Kier molecular flexibility index (Phi) is 6.57. The third-order valence-corrected chi connectivity index (χ3v) is 10.2. The van der Waals surface area contributed by atoms with Crippen molar-refractivity contribution in [3.05, 3.63) is 188 Å². The molecule has 10 aromatic rings. The fourth-order valence-electron chi connectivity index (χ4n) is 7.97. The van der Waals surface area contributed by atoms with Gasteiger partial charge in [-0.2, -0.15) is 0 Å². The van der Waals surface area contributed by atoms with Crippen molar-refractivity contribution in [1.29, 1.82) is 0 Å². The lowest BCUT2D eigenvalue weighted by molar-refractivity contribution is 1.51. The maximum Gasteiger partial charge on any atom is 0.0794 e. The monoisotopic (exact) mass is 633 g/mol. The van der Waals surface area contributed by atoms with Gasteiger partial charge >= 0.3 is 0 Å². The fraction of sp³-hybridized carbons (Fsp3) is 0. The summed E-state index contributed by atoms with van der Waals surface area (Å²) in [5.41, 5.74) is 11.8. The molecule has 0 aliphatic heterocycles. The van der Waals surface area contributed by atoms with Crippen LogP contribution in [0.1, 0.15) is 0 Å². The van der Waals surface area contributed by atoms with Crippen molar-refractivity contribution >= 4 is 54.1 Å². The van der Waals surface area contributed by atoms with Gasteiger partial charge in [-0.3, -0.25) is 0 Å². The van der Waals surface area contributed by atoms with Crippen molar-refractivity contribution in [2.24, 2.45) is 0 Å². The van der Waals surface area contributed by atoms with Gasteiger partial charge in [-0.15, -0.1) is 0 Å². The lowest BCUT2D eigenvalue weighted by Crippen LogP contribution is -1.92. The number of benzene rings is 9. The Morgan fingerprint density at radius 3 is 1.50 bits per heavy atom. The molecule has 1 aromatic heterocycles. The second-order valence-corrected chi connectivity index (χ2v) is 13.1. The highest BCUT2D eigenvalue weighted by Gasteiger charge is 2.18. The van der Waals surface area contributed by atoms with E-state index in [1.807, 2.05) is 0 Å². The Labute approximate surface area is 290 Å². The summed E-state index contributed by atoms with van der Waals surface area (Å²) in [5.74, 6) is 0. The Balaban J connectivity index is 1.15. The van der Waals surface area contributed by atoms with Crippen molar-refractivity contribution in [3.8, 4) is 44.5 Å². The maximum absolute atomic E-state index is 5.18. The Bertz CT molecular complexity index is 2900. The van der Waals surface area contributed by atoms with Crippen LogP contribution in [0, 0.1) is 0 Å². The van der Waals surface area contributed by atoms with E-state index in [0.717, 1.165) is 11.0 Å². The van der Waals surface area contributed by atoms with Crippen molar-refractivity contribution in [1.82, 2.24) is 4.98 Å². The summed E-state index contributed by atoms with van der Waals surface area (Å²) in [5, 5.41) is 9.82. The molecule has 0 radical (unpaired) electrons. The first-order valence-electron chi connectivity index (χ1n) is 17.2. The van der Waals surface area contributed by atoms with Gasteiger partial charge in [0.05, 0.1) is 11.0 Å². The van der Waals surface area contributed by atoms with E-state index >= 15 is 0 Å². The summed E-state index contributed by atoms with van der Waals surface area (Å²) in [4.78, 5) is 5.18. The number of fused-ring (bicyclic) bond motifs is 7. The highest BCUT2D eigenvalue weighted by molar-refractivity contribution is 6.22. The second kappa shape index (κ2) is 11.5. The van der Waals surface area contributed by atoms with Crippen LogP contribution in [-0.4, -0.2) is 4.98 Å². The molecule has 0 bridgehead atoms. The van der Waals surface area contributed by atoms with Crippen LogP contribution in [0.3, 0.4) is 0 Å². The smallest absolute Gasteiger partial charge is 0.0794 e. The minimum atomic E-state index is 1.01. The predicted molar refractivity (Wildman–Crippen MR) is 214 cm³/mol. The first-order chi connectivity index (χ1) is 24.8. The van der Waals surface area contributed by atoms with Gasteiger partial charge in [-0.05, 0) is 78.0 Å². The van der Waals surface area contributed by atoms with Crippen molar-refractivity contribution < 1.29 is 0 Å². The SMILES string of the molecule is c1ccc(-c2c(-c3ccc(-c4cccc(-c5c6ccccc6nc6c5ccc5ccccc56)c4)cc3)c3ccccc3c3ccccc23)cc1. The van der Waals surface area contributed by atoms with Crippen LogP contribution < -0.4 is 0 Å². The Morgan fingerprint density at radius 1 is 0.260 bits per heavy atom. The average Bonchev–Trinajstić information content (AvgIpc) is 3.20. The maximum atomic E-state index is 5.18. The fourth-order valence-corrected chi connectivity index (χ4v) is 7.97. The predicted octanol–water partition coefficient (Wildman–Crippen LogP) is 13.5. The summed E-state index contributed by atoms with van der Waals surface area (Å²) in [6.45, 7) is 0. The van der Waals surface area contributed by atoms with E-state index in [2.05, 4.69) is 188 Å². The van der Waals surface area contributed by atoms with E-state index in [1.165, 1.54) is 87.6 Å². The van der Waals surface area contributed by atoms with E-state index in [-0.39, 0.29) is 0 Å². The van der Waals surface area contributed by atoms with Crippen LogP contribution in [0.2, 0.25) is 0 Å². The number of hydrogen-bond acceptors (Lipinski definition) is 1. The van der Waals surface area contributed by atoms with Crippen LogP contribution in [0.4, 0.5) is 0 Å². The molecule has 50 heavy (non-hydrogen) atoms. The third kappa shape index (κ3) is 4.52. The number of nitrogens with zero attached hydrogens (tertiary/aromatic N) is 1. The molecule has 232 valence electrons. The summed E-state index contributed by atoms with van der Waals surface area (Å²) < 4.78 is 0. The zero-order valence-corrected chi connectivity index (χ0v) is 27.3. The summed E-state index contributed by atoms with van der Waals surface area (Å²) in [6, 6.07) is 68.2. The number of hydrogen-bond donors (Lipinski definition) is 0. The van der Waals surface area contributed by atoms with Gasteiger partial charge in [-0.25, -0.2) is 4.98 Å². The van der Waals surface area contributed by atoms with Gasteiger partial charge in [0.2, 0.25) is 0 Å². The van der Waals surface area contributed by atoms with Crippen LogP contribution >= 0.6 is 0 Å². The van der Waals surface area contributed by atoms with Crippen molar-refractivity contribution in [3.63, 3.8) is 0 Å². The molecule has 0 N–H and O–H groups in total. The molecule has 0 atom stereocenters. The van der Waals surface area contributed by atoms with Gasteiger partial charge in [0, 0.05) is 21.7 Å². The quantitative estimate of drug-likeness (QED) is 0.139. The van der Waals surface area contributed by atoms with E-state index in [4.69, 9.17) is 4.98 Å². The van der Waals surface area contributed by atoms with E-state index in [0.29, 0.717) is 0 Å². The summed E-state index contributed by atoms with van der Waals surface area (Å²) >= 11 is 0. The standard InChI is InChI=1S/C49H31N/c1-2-14-34(15-3-1)47-41-21-8-6-19-39(41)40-20-7-9-22-42(40)48(47)35-27-25-32(26-28-35)36-16-12-17-37(31-36)46-43-23-10-11-24-45(43)50-49-38-18-5-4-13-33(38)29-30-44(46)49/h1-31H. The second-order valence-electron chi connectivity index (χ2n) is 13.1. The van der Waals surface area contributed by atoms with Crippen LogP contribution in [0.25, 0.3) is 98.6 Å². The molecule has 0 spiro atoms. The Hall–Kier alpha value is -6.57. The lowest BCUT2D eigenvalue weighted by Gasteiger charge is -2.19. The molecule has 10 rings (SSSR count). The number of rotatable bonds is 4. The topological polar surface area (TPSA) is 12.9 Å². The molecular weight excluding hydrogens is 603 g/mol. The molecule has 0 aliphatic carbocycles. The third-order valence-electron chi connectivity index (χ3n) is 10.2. The Morgan fingerprint density at radius 2 is 0.780 bits per heavy atom. The molecule has 1 nitrogen and oxygen atoms in total. The first kappa shape index (κ1) is 28.4. The van der Waals surface area contributed by atoms with Gasteiger partial charge in [0.1, 0.15) is 0 Å². The van der Waals surface area contributed by atoms with Gasteiger partial charge in [0.15, 0.2) is 0 Å². The van der Waals surface area contributed by atoms with E-state index in [1.54, 1.807) is 0 Å². The molecule has 1 heteroatoms. The molecule has 1 heterocycles. The summed E-state index contributed by atoms with van der Waals surface area (Å²) in [7, 11) is 0. The average molecular weight is 634 g/mol. The zero-order chi connectivity index (χ0) is 33.0. The molecule has 0 saturated heterocycles. The number of aromatic nitrogens is 1. The van der Waals surface area contributed by atoms with Crippen LogP contribution in [0.15, 0.2) is 188 Å². The molecule has 0 amide bonds. The largest absolute Gasteiger partial charge is 0.247 e. The number of para-hydroxylation sites is 1. The lowest BCUT2D eigenvalue weighted by atomic mass is 9.84. The van der Waals surface area contributed by atoms with Crippen molar-refractivity contribution in [2.45, 2.75) is 0 Å².